The predicted molar refractivity (Wildman–Crippen MR) is 103 cm³/mol. The van der Waals surface area contributed by atoms with Gasteiger partial charge in [0.2, 0.25) is 0 Å². The molecule has 0 heterocycles. The molecule has 0 saturated heterocycles. The molecular weight excluding hydrogens is 415 g/mol. The van der Waals surface area contributed by atoms with Gasteiger partial charge >= 0.3 is 5.97 Å². The fourth-order valence-corrected chi connectivity index (χ4v) is 3.01. The average molecular weight is 442 g/mol. The number of nitrogens with one attached hydrogen (secondary N) is 1. The molecule has 1 aromatic rings. The number of hydrogen-bond donors (Lipinski definition) is 1. The van der Waals surface area contributed by atoms with Gasteiger partial charge in [-0.1, -0.05) is 23.2 Å². The Balaban J connectivity index is 0.00000676. The summed E-state index contributed by atoms with van der Waals surface area (Å²) in [4.78, 5) is 23.8. The van der Waals surface area contributed by atoms with Crippen LogP contribution in [0.5, 0.6) is 5.75 Å². The third-order valence-electron chi connectivity index (χ3n) is 4.27. The molecule has 27 heavy (non-hydrogen) atoms. The number of ether oxygens (including phenoxy) is 2. The molecule has 154 valence electrons. The van der Waals surface area contributed by atoms with Crippen LogP contribution in [0.25, 0.3) is 0 Å². The number of carbonyl (C=O) groups is 2. The number of hydrogen-bond acceptors (Lipinski definition) is 4. The molecule has 0 saturated carbocycles. The van der Waals surface area contributed by atoms with Gasteiger partial charge in [0.25, 0.3) is 5.91 Å². The Bertz CT molecular complexity index is 610. The van der Waals surface area contributed by atoms with Gasteiger partial charge in [0.05, 0.1) is 37.8 Å². The summed E-state index contributed by atoms with van der Waals surface area (Å²) in [6.07, 6.45) is 0. The molecule has 1 amide bonds. The molecule has 0 unspecified atom stereocenters. The van der Waals surface area contributed by atoms with E-state index in [1.807, 2.05) is 13.8 Å². The topological polar surface area (TPSA) is 64.6 Å². The van der Waals surface area contributed by atoms with Crippen molar-refractivity contribution < 1.29 is 36.0 Å². The first-order valence-electron chi connectivity index (χ1n) is 8.71. The molecule has 1 N–H and O–H groups in total. The third-order valence-corrected chi connectivity index (χ3v) is 4.80. The lowest BCUT2D eigenvalue weighted by atomic mass is 10.3. The van der Waals surface area contributed by atoms with Gasteiger partial charge in [-0.3, -0.25) is 4.79 Å². The number of carbonyl (C=O) groups excluding carboxylic acids is 2. The molecule has 0 aliphatic rings. The van der Waals surface area contributed by atoms with E-state index in [9.17, 15) is 9.59 Å². The van der Waals surface area contributed by atoms with Gasteiger partial charge in [-0.25, -0.2) is 4.79 Å². The molecule has 9 heteroatoms. The zero-order valence-electron chi connectivity index (χ0n) is 15.9. The summed E-state index contributed by atoms with van der Waals surface area (Å²) >= 11 is 11.8. The third kappa shape index (κ3) is 9.02. The van der Waals surface area contributed by atoms with Crippen molar-refractivity contribution in [3.05, 3.63) is 28.2 Å². The highest BCUT2D eigenvalue weighted by Crippen LogP contribution is 2.27. The molecule has 0 aliphatic carbocycles. The van der Waals surface area contributed by atoms with Crippen molar-refractivity contribution in [3.8, 4) is 5.75 Å². The van der Waals surface area contributed by atoms with Gasteiger partial charge in [0.1, 0.15) is 5.75 Å². The standard InChI is InChI=1S/C18H26Cl2N2O4.ClH/c1-4-22(5-2,12-18(24)25-6-3)10-9-21-17(23)13-26-16-8-7-14(19)11-15(16)20;/h7-8,11H,4-6,9-10,12-13H2,1-3H3;1H. The first-order chi connectivity index (χ1) is 12.4. The zero-order valence-corrected chi connectivity index (χ0v) is 18.2. The van der Waals surface area contributed by atoms with Crippen molar-refractivity contribution in [2.24, 2.45) is 0 Å². The molecule has 1 aromatic carbocycles. The summed E-state index contributed by atoms with van der Waals surface area (Å²) in [7, 11) is 0. The minimum Gasteiger partial charge on any atom is -1.00 e. The lowest BCUT2D eigenvalue weighted by Gasteiger charge is -2.35. The van der Waals surface area contributed by atoms with E-state index in [2.05, 4.69) is 5.32 Å². The highest BCUT2D eigenvalue weighted by molar-refractivity contribution is 6.35. The molecule has 0 spiro atoms. The number of amides is 1. The second-order valence-electron chi connectivity index (χ2n) is 5.87. The lowest BCUT2D eigenvalue weighted by molar-refractivity contribution is -0.916. The molecule has 6 nitrogen and oxygen atoms in total. The number of halogens is 3. The first-order valence-corrected chi connectivity index (χ1v) is 9.46. The van der Waals surface area contributed by atoms with Crippen molar-refractivity contribution in [2.45, 2.75) is 20.8 Å². The average Bonchev–Trinajstić information content (AvgIpc) is 2.60. The second-order valence-corrected chi connectivity index (χ2v) is 6.72. The molecule has 1 rings (SSSR count). The number of benzene rings is 1. The van der Waals surface area contributed by atoms with Crippen LogP contribution < -0.4 is 22.5 Å². The molecule has 0 aromatic heterocycles. The predicted octanol–water partition coefficient (Wildman–Crippen LogP) is -0.0879. The van der Waals surface area contributed by atoms with Crippen molar-refractivity contribution in [1.29, 1.82) is 0 Å². The van der Waals surface area contributed by atoms with Crippen LogP contribution in [0.2, 0.25) is 10.0 Å². The maximum Gasteiger partial charge on any atom is 0.361 e. The Hall–Kier alpha value is -1.21. The van der Waals surface area contributed by atoms with Gasteiger partial charge in [-0.2, -0.15) is 0 Å². The van der Waals surface area contributed by atoms with Crippen LogP contribution in [0.3, 0.4) is 0 Å². The number of rotatable bonds is 11. The molecule has 0 radical (unpaired) electrons. The van der Waals surface area contributed by atoms with Crippen molar-refractivity contribution in [2.75, 3.05) is 45.9 Å². The van der Waals surface area contributed by atoms with E-state index < -0.39 is 0 Å². The van der Waals surface area contributed by atoms with Gasteiger partial charge in [-0.05, 0) is 39.0 Å². The normalized spacial score (nSPS) is 10.7. The van der Waals surface area contributed by atoms with E-state index >= 15 is 0 Å². The Kier molecular flexibility index (Phi) is 12.5. The quantitative estimate of drug-likeness (QED) is 0.385. The zero-order chi connectivity index (χ0) is 19.6. The Morgan fingerprint density at radius 3 is 2.37 bits per heavy atom. The lowest BCUT2D eigenvalue weighted by Crippen LogP contribution is -3.00. The molecule has 0 atom stereocenters. The van der Waals surface area contributed by atoms with E-state index in [0.29, 0.717) is 46.5 Å². The van der Waals surface area contributed by atoms with Crippen molar-refractivity contribution in [1.82, 2.24) is 5.32 Å². The summed E-state index contributed by atoms with van der Waals surface area (Å²) in [6, 6.07) is 4.82. The summed E-state index contributed by atoms with van der Waals surface area (Å²) in [5, 5.41) is 3.67. The number of quaternary nitrogens is 1. The van der Waals surface area contributed by atoms with Gasteiger partial charge in [0.15, 0.2) is 13.2 Å². The van der Waals surface area contributed by atoms with Crippen molar-refractivity contribution in [3.63, 3.8) is 0 Å². The Morgan fingerprint density at radius 2 is 1.81 bits per heavy atom. The van der Waals surface area contributed by atoms with Gasteiger partial charge in [0, 0.05) is 5.02 Å². The van der Waals surface area contributed by atoms with Gasteiger partial charge in [-0.15, -0.1) is 0 Å². The molecule has 0 bridgehead atoms. The highest BCUT2D eigenvalue weighted by Gasteiger charge is 2.27. The van der Waals surface area contributed by atoms with E-state index in [0.717, 1.165) is 13.1 Å². The summed E-state index contributed by atoms with van der Waals surface area (Å²) < 4.78 is 11.0. The van der Waals surface area contributed by atoms with Crippen LogP contribution in [0, 0.1) is 0 Å². The van der Waals surface area contributed by atoms with E-state index in [4.69, 9.17) is 32.7 Å². The summed E-state index contributed by atoms with van der Waals surface area (Å²) in [6.45, 7) is 9.00. The maximum absolute atomic E-state index is 12.0. The largest absolute Gasteiger partial charge is 1.00 e. The smallest absolute Gasteiger partial charge is 0.361 e. The molecule has 0 aliphatic heterocycles. The Labute approximate surface area is 177 Å². The number of esters is 1. The monoisotopic (exact) mass is 440 g/mol. The molecule has 0 fully saturated rings. The van der Waals surface area contributed by atoms with Crippen molar-refractivity contribution >= 4 is 35.1 Å². The molecular formula is C18H27Cl3N2O4. The van der Waals surface area contributed by atoms with Crippen LogP contribution in [0.4, 0.5) is 0 Å². The fraction of sp³-hybridized carbons (Fsp3) is 0.556. The maximum atomic E-state index is 12.0. The van der Waals surface area contributed by atoms with Crippen LogP contribution in [0.15, 0.2) is 18.2 Å². The van der Waals surface area contributed by atoms with Crippen LogP contribution in [0.1, 0.15) is 20.8 Å². The van der Waals surface area contributed by atoms with E-state index in [1.54, 1.807) is 25.1 Å². The minimum atomic E-state index is -0.252. The van der Waals surface area contributed by atoms with Crippen LogP contribution in [-0.2, 0) is 14.3 Å². The van der Waals surface area contributed by atoms with Gasteiger partial charge < -0.3 is 31.7 Å². The van der Waals surface area contributed by atoms with E-state index in [1.165, 1.54) is 0 Å². The SMILES string of the molecule is CCOC(=O)C[N+](CC)(CC)CCNC(=O)COc1ccc(Cl)cc1Cl.[Cl-]. The summed E-state index contributed by atoms with van der Waals surface area (Å²) in [5.41, 5.74) is 0. The highest BCUT2D eigenvalue weighted by atomic mass is 35.5. The Morgan fingerprint density at radius 1 is 1.15 bits per heavy atom. The first kappa shape index (κ1) is 25.8. The summed E-state index contributed by atoms with van der Waals surface area (Å²) in [5.74, 6) is -0.0681. The van der Waals surface area contributed by atoms with Crippen LogP contribution in [-0.4, -0.2) is 62.3 Å². The van der Waals surface area contributed by atoms with Crippen LogP contribution >= 0.6 is 23.2 Å². The number of nitrogens with zero attached hydrogens (tertiary/aromatic N) is 1. The minimum absolute atomic E-state index is 0. The van der Waals surface area contributed by atoms with E-state index in [-0.39, 0.29) is 30.9 Å². The second kappa shape index (κ2) is 13.0. The fourth-order valence-electron chi connectivity index (χ4n) is 2.54. The number of likely N-dealkylation sites (N-methyl/N-ethyl adjacent to an activating group) is 1.